The van der Waals surface area contributed by atoms with Gasteiger partial charge in [-0.15, -0.1) is 0 Å². The molecule has 0 spiro atoms. The fraction of sp³-hybridized carbons (Fsp3) is 0.875. The molecule has 6 atom stereocenters. The second kappa shape index (κ2) is 8.47. The number of carbonyl (C=O) groups excluding carboxylic acids is 1. The molecule has 0 aromatic carbocycles. The lowest BCUT2D eigenvalue weighted by Crippen LogP contribution is -2.46. The number of fused-ring (bicyclic) bond motifs is 1. The van der Waals surface area contributed by atoms with E-state index in [0.717, 1.165) is 38.0 Å². The number of amides is 1. The summed E-state index contributed by atoms with van der Waals surface area (Å²) in [5.41, 5.74) is 2.09. The van der Waals surface area contributed by atoms with Gasteiger partial charge in [0.05, 0.1) is 6.10 Å². The maximum absolute atomic E-state index is 10.5. The first-order valence-corrected chi connectivity index (χ1v) is 11.4. The Balaban J connectivity index is 0.000000271. The van der Waals surface area contributed by atoms with Crippen molar-refractivity contribution in [1.29, 1.82) is 0 Å². The van der Waals surface area contributed by atoms with Crippen molar-refractivity contribution in [3.05, 3.63) is 12.2 Å². The smallest absolute Gasteiger partial charge is 0.222 e. The van der Waals surface area contributed by atoms with Crippen molar-refractivity contribution in [2.75, 3.05) is 13.7 Å². The number of rotatable bonds is 3. The predicted molar refractivity (Wildman–Crippen MR) is 113 cm³/mol. The Morgan fingerprint density at radius 3 is 2.39 bits per heavy atom. The van der Waals surface area contributed by atoms with Gasteiger partial charge in [0, 0.05) is 19.6 Å². The zero-order chi connectivity index (χ0) is 20.5. The summed E-state index contributed by atoms with van der Waals surface area (Å²) in [4.78, 5) is 10.5. The van der Waals surface area contributed by atoms with E-state index < -0.39 is 0 Å². The fourth-order valence-electron chi connectivity index (χ4n) is 6.30. The number of hydrogen-bond donors (Lipinski definition) is 3. The summed E-state index contributed by atoms with van der Waals surface area (Å²) in [5, 5.41) is 22.4. The molecule has 0 saturated heterocycles. The van der Waals surface area contributed by atoms with E-state index in [0.29, 0.717) is 17.3 Å². The highest BCUT2D eigenvalue weighted by atomic mass is 16.3. The van der Waals surface area contributed by atoms with Crippen LogP contribution in [0.3, 0.4) is 0 Å². The number of hydrogen-bond acceptors (Lipinski definition) is 3. The van der Waals surface area contributed by atoms with E-state index in [1.54, 1.807) is 7.05 Å². The molecule has 4 aliphatic rings. The molecule has 0 heterocycles. The van der Waals surface area contributed by atoms with Crippen molar-refractivity contribution in [2.24, 2.45) is 34.5 Å². The van der Waals surface area contributed by atoms with Crippen LogP contribution >= 0.6 is 0 Å². The first-order valence-electron chi connectivity index (χ1n) is 11.4. The quantitative estimate of drug-likeness (QED) is 0.636. The van der Waals surface area contributed by atoms with Gasteiger partial charge in [-0.2, -0.15) is 0 Å². The van der Waals surface area contributed by atoms with Gasteiger partial charge in [0.15, 0.2) is 0 Å². The van der Waals surface area contributed by atoms with Crippen LogP contribution in [-0.2, 0) is 4.79 Å². The Hall–Kier alpha value is -0.870. The number of aliphatic hydroxyl groups is 2. The van der Waals surface area contributed by atoms with Gasteiger partial charge in [-0.25, -0.2) is 0 Å². The second-order valence-corrected chi connectivity index (χ2v) is 10.4. The first kappa shape index (κ1) is 21.8. The van der Waals surface area contributed by atoms with Crippen molar-refractivity contribution >= 4 is 5.91 Å². The lowest BCUT2D eigenvalue weighted by atomic mass is 9.53. The standard InChI is InChI=1S/C19H32O2.C5H9NO/c1-13-4-5-14-10-15(6-8-18(13,14)2)19(3)9-7-17(21)11-16(19)12-20;1-6-5(7)4-2-3-4/h14-17,20-21H,1,4-12H2,2-3H3;4H,2-3H2,1H3,(H,6,7). The van der Waals surface area contributed by atoms with E-state index in [2.05, 4.69) is 25.7 Å². The average molecular weight is 392 g/mol. The highest BCUT2D eigenvalue weighted by Crippen LogP contribution is 2.61. The van der Waals surface area contributed by atoms with Crippen LogP contribution in [0.1, 0.15) is 78.1 Å². The topological polar surface area (TPSA) is 69.6 Å². The predicted octanol–water partition coefficient (Wildman–Crippen LogP) is 4.06. The summed E-state index contributed by atoms with van der Waals surface area (Å²) >= 11 is 0. The largest absolute Gasteiger partial charge is 0.396 e. The van der Waals surface area contributed by atoms with E-state index >= 15 is 0 Å². The minimum Gasteiger partial charge on any atom is -0.396 e. The molecule has 1 amide bonds. The van der Waals surface area contributed by atoms with Crippen molar-refractivity contribution in [3.8, 4) is 0 Å². The van der Waals surface area contributed by atoms with E-state index in [4.69, 9.17) is 0 Å². The van der Waals surface area contributed by atoms with Crippen LogP contribution in [0.5, 0.6) is 0 Å². The van der Waals surface area contributed by atoms with Gasteiger partial charge in [-0.1, -0.05) is 26.0 Å². The highest BCUT2D eigenvalue weighted by Gasteiger charge is 2.52. The Morgan fingerprint density at radius 1 is 1.11 bits per heavy atom. The summed E-state index contributed by atoms with van der Waals surface area (Å²) < 4.78 is 0. The molecule has 6 unspecified atom stereocenters. The van der Waals surface area contributed by atoms with Crippen LogP contribution in [0.15, 0.2) is 12.2 Å². The van der Waals surface area contributed by atoms with Gasteiger partial charge in [0.25, 0.3) is 0 Å². The van der Waals surface area contributed by atoms with Crippen molar-refractivity contribution in [2.45, 2.75) is 84.2 Å². The SMILES string of the molecule is C=C1CCC2CC(C3(C)CCC(O)CC3CO)CCC12C.CNC(=O)C1CC1. The van der Waals surface area contributed by atoms with Crippen molar-refractivity contribution in [3.63, 3.8) is 0 Å². The molecule has 28 heavy (non-hydrogen) atoms. The molecule has 4 heteroatoms. The van der Waals surface area contributed by atoms with Gasteiger partial charge in [-0.05, 0) is 92.8 Å². The summed E-state index contributed by atoms with van der Waals surface area (Å²) in [6.07, 6.45) is 11.2. The van der Waals surface area contributed by atoms with Crippen molar-refractivity contribution in [1.82, 2.24) is 5.32 Å². The Morgan fingerprint density at radius 2 is 1.82 bits per heavy atom. The number of nitrogens with one attached hydrogen (secondary N) is 1. The zero-order valence-corrected chi connectivity index (χ0v) is 18.2. The third kappa shape index (κ3) is 4.18. The number of carbonyl (C=O) groups is 1. The van der Waals surface area contributed by atoms with Gasteiger partial charge in [0.1, 0.15) is 0 Å². The molecule has 4 aliphatic carbocycles. The van der Waals surface area contributed by atoms with Gasteiger partial charge < -0.3 is 15.5 Å². The van der Waals surface area contributed by atoms with Crippen LogP contribution in [-0.4, -0.2) is 35.9 Å². The van der Waals surface area contributed by atoms with Crippen molar-refractivity contribution < 1.29 is 15.0 Å². The Kier molecular flexibility index (Phi) is 6.61. The monoisotopic (exact) mass is 391 g/mol. The van der Waals surface area contributed by atoms with Crippen LogP contribution in [0.25, 0.3) is 0 Å². The maximum atomic E-state index is 10.5. The first-order chi connectivity index (χ1) is 13.2. The molecule has 0 radical (unpaired) electrons. The lowest BCUT2D eigenvalue weighted by molar-refractivity contribution is -0.121. The summed E-state index contributed by atoms with van der Waals surface area (Å²) in [6, 6.07) is 0. The highest BCUT2D eigenvalue weighted by molar-refractivity contribution is 5.80. The van der Waals surface area contributed by atoms with E-state index in [1.807, 2.05) is 0 Å². The maximum Gasteiger partial charge on any atom is 0.222 e. The van der Waals surface area contributed by atoms with Crippen LogP contribution in [0.2, 0.25) is 0 Å². The molecule has 4 nitrogen and oxygen atoms in total. The van der Waals surface area contributed by atoms with E-state index in [-0.39, 0.29) is 30.0 Å². The zero-order valence-electron chi connectivity index (χ0n) is 18.2. The number of aliphatic hydroxyl groups excluding tert-OH is 2. The third-order valence-electron chi connectivity index (χ3n) is 8.94. The molecule has 160 valence electrons. The summed E-state index contributed by atoms with van der Waals surface area (Å²) in [7, 11) is 1.68. The minimum atomic E-state index is -0.199. The third-order valence-corrected chi connectivity index (χ3v) is 8.94. The average Bonchev–Trinajstić information content (AvgIpc) is 3.49. The molecule has 4 rings (SSSR count). The normalized spacial score (nSPS) is 43.0. The molecule has 3 N–H and O–H groups in total. The summed E-state index contributed by atoms with van der Waals surface area (Å²) in [6.45, 7) is 9.38. The van der Waals surface area contributed by atoms with Crippen LogP contribution in [0.4, 0.5) is 0 Å². The molecule has 0 bridgehead atoms. The fourth-order valence-corrected chi connectivity index (χ4v) is 6.30. The van der Waals surface area contributed by atoms with Gasteiger partial charge in [0.2, 0.25) is 5.91 Å². The second-order valence-electron chi connectivity index (χ2n) is 10.4. The molecular formula is C24H41NO3. The Labute approximate surface area is 171 Å². The minimum absolute atomic E-state index is 0.199. The summed E-state index contributed by atoms with van der Waals surface area (Å²) in [5.74, 6) is 2.36. The Bertz CT molecular complexity index is 586. The molecule has 0 aliphatic heterocycles. The molecule has 4 fully saturated rings. The molecule has 0 aromatic heterocycles. The van der Waals surface area contributed by atoms with Crippen LogP contribution in [0, 0.1) is 34.5 Å². The molecule has 0 aromatic rings. The lowest BCUT2D eigenvalue weighted by Gasteiger charge is -2.52. The van der Waals surface area contributed by atoms with E-state index in [9.17, 15) is 15.0 Å². The molecule has 4 saturated carbocycles. The van der Waals surface area contributed by atoms with E-state index in [1.165, 1.54) is 37.7 Å². The van der Waals surface area contributed by atoms with Crippen LogP contribution < -0.4 is 5.32 Å². The number of allylic oxidation sites excluding steroid dienone is 1. The van der Waals surface area contributed by atoms with Gasteiger partial charge >= 0.3 is 0 Å². The van der Waals surface area contributed by atoms with Gasteiger partial charge in [-0.3, -0.25) is 4.79 Å². The molecular weight excluding hydrogens is 350 g/mol.